The van der Waals surface area contributed by atoms with Gasteiger partial charge in [0.1, 0.15) is 30.2 Å². The Morgan fingerprint density at radius 3 is 1.96 bits per heavy atom. The summed E-state index contributed by atoms with van der Waals surface area (Å²) >= 11 is 0. The molecule has 2 unspecified atom stereocenters. The summed E-state index contributed by atoms with van der Waals surface area (Å²) in [5.74, 6) is -4.03. The highest BCUT2D eigenvalue weighted by molar-refractivity contribution is 7.47. The number of phosphoric ester groups is 1. The van der Waals surface area contributed by atoms with Gasteiger partial charge in [0.15, 0.2) is 23.3 Å². The van der Waals surface area contributed by atoms with Crippen LogP contribution in [0.3, 0.4) is 0 Å². The highest BCUT2D eigenvalue weighted by atomic mass is 31.2. The Bertz CT molecular complexity index is 2280. The number of benzene rings is 1. The molecule has 0 saturated carbocycles. The first-order chi connectivity index (χ1) is 38.7. The van der Waals surface area contributed by atoms with Crippen molar-refractivity contribution in [1.82, 2.24) is 14.6 Å². The van der Waals surface area contributed by atoms with Gasteiger partial charge in [0.05, 0.1) is 58.3 Å². The molecule has 18 heteroatoms. The second-order valence-corrected chi connectivity index (χ2v) is 26.2. The van der Waals surface area contributed by atoms with Crippen LogP contribution in [0.1, 0.15) is 240 Å². The normalized spacial score (nSPS) is 20.6. The molecule has 3 aromatic rings. The minimum absolute atomic E-state index is 0.0885. The lowest BCUT2D eigenvalue weighted by Crippen LogP contribution is -2.51. The number of anilines is 1. The summed E-state index contributed by atoms with van der Waals surface area (Å²) in [5, 5.41) is 7.59. The number of carbonyl (C=O) groups is 1. The quantitative estimate of drug-likeness (QED) is 0.0312. The van der Waals surface area contributed by atoms with Gasteiger partial charge in [-0.05, 0) is 83.4 Å². The number of unbranched alkanes of at least 4 members (excludes halogenated alkanes) is 18. The number of hydrogen-bond donors (Lipinski definition) is 2. The van der Waals surface area contributed by atoms with Crippen LogP contribution >= 0.6 is 7.82 Å². The van der Waals surface area contributed by atoms with Crippen LogP contribution in [0.25, 0.3) is 5.52 Å². The molecule has 2 N–H and O–H groups in total. The molecule has 4 heterocycles. The number of rotatable bonds is 43. The predicted molar refractivity (Wildman–Crippen MR) is 319 cm³/mol. The number of fused-ring (bicyclic) bond motifs is 2. The number of alkyl halides is 1. The van der Waals surface area contributed by atoms with Crippen molar-refractivity contribution >= 4 is 25.3 Å². The molecular weight excluding hydrogens is 1050 g/mol. The largest absolute Gasteiger partial charge is 0.472 e. The topological polar surface area (TPSA) is 170 Å². The molecule has 2 fully saturated rings. The van der Waals surface area contributed by atoms with E-state index in [4.69, 9.17) is 42.6 Å². The summed E-state index contributed by atoms with van der Waals surface area (Å²) in [6.45, 7) is 23.2. The fourth-order valence-electron chi connectivity index (χ4n) is 11.4. The third kappa shape index (κ3) is 22.4. The van der Waals surface area contributed by atoms with Crippen molar-refractivity contribution < 1.29 is 60.6 Å². The molecule has 2 saturated heterocycles. The number of nitrogens with zero attached hydrogens (tertiary/aromatic N) is 4. The summed E-state index contributed by atoms with van der Waals surface area (Å²) in [6.07, 6.45) is 26.5. The molecule has 0 spiro atoms. The van der Waals surface area contributed by atoms with Gasteiger partial charge in [-0.25, -0.2) is 23.2 Å². The Hall–Kier alpha value is -3.09. The molecule has 0 bridgehead atoms. The molecule has 2 aliphatic heterocycles. The zero-order valence-electron chi connectivity index (χ0n) is 51.8. The van der Waals surface area contributed by atoms with E-state index >= 15 is 4.39 Å². The fourth-order valence-corrected chi connectivity index (χ4v) is 12.2. The molecular formula is C63H108FN5O11P+. The number of halogens is 1. The monoisotopic (exact) mass is 1160 g/mol. The predicted octanol–water partition coefficient (Wildman–Crippen LogP) is 15.8. The maximum absolute atomic E-state index is 17.8. The van der Waals surface area contributed by atoms with E-state index in [9.17, 15) is 14.3 Å². The number of ether oxygens (including phenoxy) is 6. The lowest BCUT2D eigenvalue weighted by molar-refractivity contribution is -0.929. The average Bonchev–Trinajstić information content (AvgIpc) is 2.13. The van der Waals surface area contributed by atoms with Crippen molar-refractivity contribution in [2.75, 3.05) is 64.5 Å². The van der Waals surface area contributed by atoms with Crippen molar-refractivity contribution in [2.45, 2.75) is 264 Å². The van der Waals surface area contributed by atoms with E-state index in [2.05, 4.69) is 44.9 Å². The van der Waals surface area contributed by atoms with Gasteiger partial charge < -0.3 is 37.8 Å². The summed E-state index contributed by atoms with van der Waals surface area (Å²) in [7, 11) is -4.94. The van der Waals surface area contributed by atoms with Crippen LogP contribution in [-0.2, 0) is 54.2 Å². The van der Waals surface area contributed by atoms with Crippen molar-refractivity contribution in [3.63, 3.8) is 0 Å². The molecule has 0 aliphatic carbocycles. The van der Waals surface area contributed by atoms with Crippen LogP contribution in [0.15, 0.2) is 42.7 Å². The molecule has 462 valence electrons. The Morgan fingerprint density at radius 1 is 0.827 bits per heavy atom. The number of nitrogens with one attached hydrogen (secondary N) is 1. The Labute approximate surface area is 487 Å². The molecule has 16 nitrogen and oxygen atoms in total. The Balaban J connectivity index is 1.26. The SMILES string of the molecule is CCCCCCCCCCCCCCCCCCOC[C@H](COP(=O)(O)OC[C@@]1(F)OC[C@@]2(c3cc(C(C)CC[N+](CCCC)(CCCC)CCCC)c4c(NC(=O)OC(C)(C)C)ncnn34)OC(C)(C)O[C@H]12)OCc1ccccc1. The van der Waals surface area contributed by atoms with E-state index in [-0.39, 0.29) is 38.2 Å². The van der Waals surface area contributed by atoms with Gasteiger partial charge in [-0.2, -0.15) is 5.10 Å². The maximum atomic E-state index is 17.8. The molecule has 2 aliphatic rings. The van der Waals surface area contributed by atoms with Crippen LogP contribution < -0.4 is 5.32 Å². The van der Waals surface area contributed by atoms with Crippen molar-refractivity contribution in [1.29, 1.82) is 0 Å². The van der Waals surface area contributed by atoms with E-state index in [0.717, 1.165) is 106 Å². The summed E-state index contributed by atoms with van der Waals surface area (Å²) < 4.78 is 82.1. The van der Waals surface area contributed by atoms with E-state index < -0.39 is 55.6 Å². The number of carbonyl (C=O) groups excluding carboxylic acids is 1. The summed E-state index contributed by atoms with van der Waals surface area (Å²) in [6, 6.07) is 11.5. The minimum Gasteiger partial charge on any atom is -0.444 e. The van der Waals surface area contributed by atoms with Crippen molar-refractivity contribution in [2.24, 2.45) is 0 Å². The van der Waals surface area contributed by atoms with Gasteiger partial charge in [-0.15, -0.1) is 0 Å². The highest BCUT2D eigenvalue weighted by Gasteiger charge is 2.70. The Kier molecular flexibility index (Phi) is 29.0. The molecule has 81 heavy (non-hydrogen) atoms. The van der Waals surface area contributed by atoms with Crippen molar-refractivity contribution in [3.05, 3.63) is 59.5 Å². The van der Waals surface area contributed by atoms with Crippen LogP contribution in [0.2, 0.25) is 0 Å². The number of hydrogen-bond acceptors (Lipinski definition) is 12. The van der Waals surface area contributed by atoms with E-state index in [1.54, 1.807) is 39.1 Å². The minimum atomic E-state index is -4.94. The number of phosphoric acid groups is 1. The number of quaternary nitrogens is 1. The van der Waals surface area contributed by atoms with Gasteiger partial charge in [0.2, 0.25) is 0 Å². The van der Waals surface area contributed by atoms with Crippen LogP contribution in [0, 0.1) is 0 Å². The van der Waals surface area contributed by atoms with Gasteiger partial charge in [-0.1, -0.05) is 181 Å². The van der Waals surface area contributed by atoms with E-state index in [1.165, 1.54) is 89.8 Å². The number of aromatic nitrogens is 3. The van der Waals surface area contributed by atoms with Crippen molar-refractivity contribution in [3.8, 4) is 0 Å². The number of amides is 1. The Morgan fingerprint density at radius 2 is 1.40 bits per heavy atom. The first-order valence-corrected chi connectivity index (χ1v) is 33.0. The van der Waals surface area contributed by atoms with Crippen LogP contribution in [0.5, 0.6) is 0 Å². The molecule has 5 rings (SSSR count). The zero-order chi connectivity index (χ0) is 58.8. The first kappa shape index (κ1) is 68.7. The van der Waals surface area contributed by atoms with Gasteiger partial charge in [-0.3, -0.25) is 14.4 Å². The van der Waals surface area contributed by atoms with Gasteiger partial charge >= 0.3 is 13.9 Å². The van der Waals surface area contributed by atoms with E-state index in [1.807, 2.05) is 36.4 Å². The van der Waals surface area contributed by atoms with Crippen LogP contribution in [-0.4, -0.2) is 119 Å². The summed E-state index contributed by atoms with van der Waals surface area (Å²) in [4.78, 5) is 29.1. The standard InChI is InChI=1S/C63H107FN5O11P/c1-11-15-19-20-21-22-23-24-25-26-27-28-29-30-31-35-43-73-46-53(74-45-52-36-33-32-34-37-52)47-76-81(71,72)77-49-63(64)58-62(48-75-63,80-61(9,10)78-58)55-44-54(56-57(65-50-66-68(55)56)67-59(70)79-60(6,7)8)51(5)38-42-69(39-16-12-2,40-17-13-3)41-18-14-4/h32-34,36-37,44,50-51,53,58H,11-31,35,38-43,45-49H2,1-10H3,(H-,65,66,67,70,71,72)/p+1/t51?,53-,58+,62+,63-/m1/s1. The van der Waals surface area contributed by atoms with E-state index in [0.29, 0.717) is 17.8 Å². The van der Waals surface area contributed by atoms with Gasteiger partial charge in [0.25, 0.3) is 5.85 Å². The third-order valence-corrected chi connectivity index (χ3v) is 16.9. The summed E-state index contributed by atoms with van der Waals surface area (Å²) in [5.41, 5.74) is 0.198. The molecule has 0 radical (unpaired) electrons. The molecule has 1 aromatic carbocycles. The smallest absolute Gasteiger partial charge is 0.444 e. The lowest BCUT2D eigenvalue weighted by Gasteiger charge is -2.40. The highest BCUT2D eigenvalue weighted by Crippen LogP contribution is 2.56. The average molecular weight is 1160 g/mol. The zero-order valence-corrected chi connectivity index (χ0v) is 52.6. The third-order valence-electron chi connectivity index (χ3n) is 16.0. The molecule has 2 aromatic heterocycles. The second kappa shape index (κ2) is 34.2. The molecule has 6 atom stereocenters. The first-order valence-electron chi connectivity index (χ1n) is 31.5. The second-order valence-electron chi connectivity index (χ2n) is 24.8. The van der Waals surface area contributed by atoms with Crippen LogP contribution in [0.4, 0.5) is 15.0 Å². The maximum Gasteiger partial charge on any atom is 0.472 e. The molecule has 1 amide bonds. The van der Waals surface area contributed by atoms with Gasteiger partial charge in [0, 0.05) is 13.0 Å². The lowest BCUT2D eigenvalue weighted by atomic mass is 9.90. The fraction of sp³-hybridized carbons (Fsp3) is 0.794.